The molecule has 1 heterocycles. The Morgan fingerprint density at radius 1 is 1.30 bits per heavy atom. The first kappa shape index (κ1) is 14.3. The van der Waals surface area contributed by atoms with E-state index in [4.69, 9.17) is 0 Å². The fourth-order valence-electron chi connectivity index (χ4n) is 1.59. The second-order valence-corrected chi connectivity index (χ2v) is 4.91. The van der Waals surface area contributed by atoms with Crippen LogP contribution in [0.5, 0.6) is 0 Å². The van der Waals surface area contributed by atoms with E-state index in [0.717, 1.165) is 16.7 Å². The number of urea groups is 1. The maximum atomic E-state index is 12.7. The van der Waals surface area contributed by atoms with Gasteiger partial charge in [-0.2, -0.15) is 0 Å². The summed E-state index contributed by atoms with van der Waals surface area (Å²) >= 11 is 0.950. The summed E-state index contributed by atoms with van der Waals surface area (Å²) in [6, 6.07) is 4.84. The van der Waals surface area contributed by atoms with Gasteiger partial charge in [0.15, 0.2) is 0 Å². The average molecular weight is 297 g/mol. The highest BCUT2D eigenvalue weighted by Crippen LogP contribution is 2.17. The largest absolute Gasteiger partial charge is 0.336 e. The zero-order valence-electron chi connectivity index (χ0n) is 10.4. The standard InChI is InChI=1S/C12H12FN3O3S/c13-8-1-3-9(4-2-8)15-11(18)14-5-6-16-10(17)7-20-12(16)19/h1-4H,5-7H2,(H2,14,15,18). The molecule has 0 spiro atoms. The highest BCUT2D eigenvalue weighted by atomic mass is 32.2. The van der Waals surface area contributed by atoms with Crippen LogP contribution in [0.2, 0.25) is 0 Å². The maximum Gasteiger partial charge on any atom is 0.319 e. The van der Waals surface area contributed by atoms with Gasteiger partial charge in [-0.1, -0.05) is 11.8 Å². The van der Waals surface area contributed by atoms with Crippen molar-refractivity contribution in [2.75, 3.05) is 24.2 Å². The Labute approximate surface area is 118 Å². The molecule has 20 heavy (non-hydrogen) atoms. The summed E-state index contributed by atoms with van der Waals surface area (Å²) in [5, 5.41) is 4.73. The van der Waals surface area contributed by atoms with Crippen molar-refractivity contribution in [3.8, 4) is 0 Å². The zero-order valence-corrected chi connectivity index (χ0v) is 11.2. The van der Waals surface area contributed by atoms with E-state index in [0.29, 0.717) is 5.69 Å². The molecule has 1 aromatic rings. The highest BCUT2D eigenvalue weighted by Gasteiger charge is 2.29. The number of imide groups is 1. The molecule has 1 fully saturated rings. The molecule has 1 aliphatic rings. The van der Waals surface area contributed by atoms with Crippen molar-refractivity contribution >= 4 is 34.6 Å². The molecule has 0 aromatic heterocycles. The third-order valence-corrected chi connectivity index (χ3v) is 3.42. The quantitative estimate of drug-likeness (QED) is 0.885. The van der Waals surface area contributed by atoms with E-state index in [1.54, 1.807) is 0 Å². The lowest BCUT2D eigenvalue weighted by Gasteiger charge is -2.13. The van der Waals surface area contributed by atoms with Crippen molar-refractivity contribution in [3.63, 3.8) is 0 Å². The Bertz CT molecular complexity index is 519. The second kappa shape index (κ2) is 6.38. The van der Waals surface area contributed by atoms with Crippen LogP contribution in [0, 0.1) is 5.82 Å². The van der Waals surface area contributed by atoms with Gasteiger partial charge in [0.1, 0.15) is 5.82 Å². The van der Waals surface area contributed by atoms with Crippen LogP contribution in [0.1, 0.15) is 0 Å². The Kier molecular flexibility index (Phi) is 4.57. The predicted octanol–water partition coefficient (Wildman–Crippen LogP) is 1.64. The number of hydrogen-bond donors (Lipinski definition) is 2. The van der Waals surface area contributed by atoms with Gasteiger partial charge in [0, 0.05) is 18.8 Å². The molecular formula is C12H12FN3O3S. The summed E-state index contributed by atoms with van der Waals surface area (Å²) < 4.78 is 12.7. The molecule has 0 bridgehead atoms. The zero-order chi connectivity index (χ0) is 14.5. The SMILES string of the molecule is O=C(NCCN1C(=O)CSC1=O)Nc1ccc(F)cc1. The molecule has 2 N–H and O–H groups in total. The number of rotatable bonds is 4. The number of thioether (sulfide) groups is 1. The van der Waals surface area contributed by atoms with Gasteiger partial charge < -0.3 is 10.6 Å². The van der Waals surface area contributed by atoms with Crippen molar-refractivity contribution in [2.24, 2.45) is 0 Å². The smallest absolute Gasteiger partial charge is 0.319 e. The molecule has 0 aliphatic carbocycles. The first-order chi connectivity index (χ1) is 9.56. The third kappa shape index (κ3) is 3.70. The molecule has 1 aliphatic heterocycles. The molecule has 0 unspecified atom stereocenters. The number of amides is 4. The van der Waals surface area contributed by atoms with Gasteiger partial charge in [-0.05, 0) is 24.3 Å². The first-order valence-corrected chi connectivity index (χ1v) is 6.82. The van der Waals surface area contributed by atoms with E-state index in [1.807, 2.05) is 0 Å². The van der Waals surface area contributed by atoms with Crippen LogP contribution < -0.4 is 10.6 Å². The molecule has 6 nitrogen and oxygen atoms in total. The Morgan fingerprint density at radius 3 is 2.60 bits per heavy atom. The van der Waals surface area contributed by atoms with Crippen LogP contribution in [0.15, 0.2) is 24.3 Å². The van der Waals surface area contributed by atoms with Crippen molar-refractivity contribution in [1.29, 1.82) is 0 Å². The summed E-state index contributed by atoms with van der Waals surface area (Å²) in [6.45, 7) is 0.298. The Balaban J connectivity index is 1.74. The van der Waals surface area contributed by atoms with Crippen LogP contribution in [-0.2, 0) is 4.79 Å². The number of nitrogens with one attached hydrogen (secondary N) is 2. The van der Waals surface area contributed by atoms with Crippen molar-refractivity contribution in [1.82, 2.24) is 10.2 Å². The van der Waals surface area contributed by atoms with Crippen molar-refractivity contribution in [3.05, 3.63) is 30.1 Å². The van der Waals surface area contributed by atoms with E-state index in [2.05, 4.69) is 10.6 Å². The highest BCUT2D eigenvalue weighted by molar-refractivity contribution is 8.14. The molecule has 0 radical (unpaired) electrons. The summed E-state index contributed by atoms with van der Waals surface area (Å²) in [7, 11) is 0. The maximum absolute atomic E-state index is 12.7. The van der Waals surface area contributed by atoms with E-state index in [1.165, 1.54) is 24.3 Å². The normalized spacial score (nSPS) is 14.6. The Hall–Kier alpha value is -2.09. The Morgan fingerprint density at radius 2 is 2.00 bits per heavy atom. The van der Waals surface area contributed by atoms with E-state index >= 15 is 0 Å². The number of carbonyl (C=O) groups is 3. The van der Waals surface area contributed by atoms with Crippen LogP contribution in [0.25, 0.3) is 0 Å². The molecule has 1 aromatic carbocycles. The minimum atomic E-state index is -0.483. The summed E-state index contributed by atoms with van der Waals surface area (Å²) in [6.07, 6.45) is 0. The lowest BCUT2D eigenvalue weighted by molar-refractivity contribution is -0.124. The monoisotopic (exact) mass is 297 g/mol. The van der Waals surface area contributed by atoms with Crippen molar-refractivity contribution in [2.45, 2.75) is 0 Å². The summed E-state index contributed by atoms with van der Waals surface area (Å²) in [5.74, 6) is -0.485. The fourth-order valence-corrected chi connectivity index (χ4v) is 2.34. The molecule has 8 heteroatoms. The van der Waals surface area contributed by atoms with Crippen LogP contribution in [0.3, 0.4) is 0 Å². The number of anilines is 1. The summed E-state index contributed by atoms with van der Waals surface area (Å²) in [4.78, 5) is 35.2. The lowest BCUT2D eigenvalue weighted by Crippen LogP contribution is -2.39. The number of halogens is 1. The number of carbonyl (C=O) groups excluding carboxylic acids is 3. The van der Waals surface area contributed by atoms with Gasteiger partial charge in [-0.3, -0.25) is 14.5 Å². The van der Waals surface area contributed by atoms with Gasteiger partial charge in [-0.25, -0.2) is 9.18 Å². The minimum Gasteiger partial charge on any atom is -0.336 e. The average Bonchev–Trinajstić information content (AvgIpc) is 2.73. The number of hydrogen-bond acceptors (Lipinski definition) is 4. The molecule has 0 atom stereocenters. The fraction of sp³-hybridized carbons (Fsp3) is 0.250. The van der Waals surface area contributed by atoms with E-state index < -0.39 is 6.03 Å². The molecule has 0 saturated carbocycles. The van der Waals surface area contributed by atoms with Gasteiger partial charge in [0.25, 0.3) is 5.24 Å². The topological polar surface area (TPSA) is 78.5 Å². The van der Waals surface area contributed by atoms with Gasteiger partial charge in [0.2, 0.25) is 5.91 Å². The van der Waals surface area contributed by atoms with Crippen LogP contribution in [-0.4, -0.2) is 40.9 Å². The molecular weight excluding hydrogens is 285 g/mol. The molecule has 1 saturated heterocycles. The van der Waals surface area contributed by atoms with Gasteiger partial charge in [0.05, 0.1) is 5.75 Å². The third-order valence-electron chi connectivity index (χ3n) is 2.56. The molecule has 4 amide bonds. The first-order valence-electron chi connectivity index (χ1n) is 5.84. The minimum absolute atomic E-state index is 0.140. The molecule has 106 valence electrons. The van der Waals surface area contributed by atoms with Crippen molar-refractivity contribution < 1.29 is 18.8 Å². The molecule has 2 rings (SSSR count). The van der Waals surface area contributed by atoms with Gasteiger partial charge in [-0.15, -0.1) is 0 Å². The van der Waals surface area contributed by atoms with E-state index in [9.17, 15) is 18.8 Å². The number of nitrogens with zero attached hydrogens (tertiary/aromatic N) is 1. The number of benzene rings is 1. The predicted molar refractivity (Wildman–Crippen MR) is 73.0 cm³/mol. The second-order valence-electron chi connectivity index (χ2n) is 3.99. The van der Waals surface area contributed by atoms with Crippen LogP contribution >= 0.6 is 11.8 Å². The van der Waals surface area contributed by atoms with Crippen LogP contribution in [0.4, 0.5) is 19.7 Å². The lowest BCUT2D eigenvalue weighted by atomic mass is 10.3. The van der Waals surface area contributed by atoms with E-state index in [-0.39, 0.29) is 35.8 Å². The summed E-state index contributed by atoms with van der Waals surface area (Å²) in [5.41, 5.74) is 0.452. The van der Waals surface area contributed by atoms with Gasteiger partial charge >= 0.3 is 6.03 Å².